The van der Waals surface area contributed by atoms with Gasteiger partial charge in [-0.25, -0.2) is 0 Å². The monoisotopic (exact) mass is 715 g/mol. The Kier molecular flexibility index (Phi) is 8.23. The van der Waals surface area contributed by atoms with Gasteiger partial charge >= 0.3 is 0 Å². The summed E-state index contributed by atoms with van der Waals surface area (Å²) in [5.41, 5.74) is 18.4. The molecule has 0 radical (unpaired) electrons. The zero-order valence-corrected chi connectivity index (χ0v) is 31.7. The Balaban J connectivity index is 1.07. The molecule has 1 heteroatoms. The Labute approximate surface area is 329 Å². The summed E-state index contributed by atoms with van der Waals surface area (Å²) in [6.45, 7) is 4.70. The van der Waals surface area contributed by atoms with E-state index in [9.17, 15) is 0 Å². The van der Waals surface area contributed by atoms with Crippen LogP contribution in [0.1, 0.15) is 25.0 Å². The molecule has 1 aliphatic rings. The molecule has 0 bridgehead atoms. The molecule has 0 heterocycles. The highest BCUT2D eigenvalue weighted by Crippen LogP contribution is 2.50. The Bertz CT molecular complexity index is 2860. The normalized spacial score (nSPS) is 12.6. The second kappa shape index (κ2) is 13.7. The van der Waals surface area contributed by atoms with Crippen molar-refractivity contribution in [1.82, 2.24) is 0 Å². The number of para-hydroxylation sites is 1. The van der Waals surface area contributed by atoms with Gasteiger partial charge in [-0.15, -0.1) is 0 Å². The van der Waals surface area contributed by atoms with Gasteiger partial charge in [-0.3, -0.25) is 0 Å². The van der Waals surface area contributed by atoms with Gasteiger partial charge in [0.1, 0.15) is 0 Å². The Morgan fingerprint density at radius 3 is 1.66 bits per heavy atom. The van der Waals surface area contributed by atoms with Crippen LogP contribution in [0.25, 0.3) is 66.4 Å². The lowest BCUT2D eigenvalue weighted by Gasteiger charge is -2.28. The zero-order chi connectivity index (χ0) is 37.6. The van der Waals surface area contributed by atoms with Crippen LogP contribution in [-0.4, -0.2) is 0 Å². The van der Waals surface area contributed by atoms with Crippen molar-refractivity contribution in [3.63, 3.8) is 0 Å². The fourth-order valence-corrected chi connectivity index (χ4v) is 8.69. The standard InChI is InChI=1S/C55H41N/c1-55(2)52-21-10-8-20-50(52)51-34-31-46(37-53(51)55)41-29-32-47(33-30-41)56(48-18-12-17-44(36-48)45-28-25-39-15-6-7-16-43(39)35-45)54-22-11-9-19-49(54)42-26-23-40(24-27-42)38-13-4-3-5-14-38/h3-37H,1-2H3. The van der Waals surface area contributed by atoms with E-state index in [1.807, 2.05) is 0 Å². The lowest BCUT2D eigenvalue weighted by Crippen LogP contribution is -2.14. The molecule has 1 aliphatic carbocycles. The van der Waals surface area contributed by atoms with Gasteiger partial charge < -0.3 is 4.90 Å². The summed E-state index contributed by atoms with van der Waals surface area (Å²) in [6.07, 6.45) is 0. The number of hydrogen-bond acceptors (Lipinski definition) is 1. The highest BCUT2D eigenvalue weighted by Gasteiger charge is 2.35. The van der Waals surface area contributed by atoms with Crippen molar-refractivity contribution in [1.29, 1.82) is 0 Å². The number of benzene rings is 9. The fraction of sp³-hybridized carbons (Fsp3) is 0.0545. The van der Waals surface area contributed by atoms with Crippen molar-refractivity contribution in [2.75, 3.05) is 4.90 Å². The van der Waals surface area contributed by atoms with E-state index in [1.54, 1.807) is 0 Å². The van der Waals surface area contributed by atoms with Crippen molar-refractivity contribution < 1.29 is 0 Å². The Morgan fingerprint density at radius 1 is 0.304 bits per heavy atom. The first kappa shape index (κ1) is 33.6. The molecule has 9 aromatic carbocycles. The van der Waals surface area contributed by atoms with Crippen molar-refractivity contribution in [3.8, 4) is 55.6 Å². The summed E-state index contributed by atoms with van der Waals surface area (Å²) in [4.78, 5) is 2.41. The summed E-state index contributed by atoms with van der Waals surface area (Å²) < 4.78 is 0. The van der Waals surface area contributed by atoms with Gasteiger partial charge in [0.05, 0.1) is 5.69 Å². The fourth-order valence-electron chi connectivity index (χ4n) is 8.69. The van der Waals surface area contributed by atoms with E-state index in [0.29, 0.717) is 0 Å². The van der Waals surface area contributed by atoms with E-state index in [2.05, 4.69) is 231 Å². The molecule has 56 heavy (non-hydrogen) atoms. The van der Waals surface area contributed by atoms with Crippen molar-refractivity contribution in [2.24, 2.45) is 0 Å². The Morgan fingerprint density at radius 2 is 0.839 bits per heavy atom. The van der Waals surface area contributed by atoms with Crippen LogP contribution >= 0.6 is 0 Å². The lowest BCUT2D eigenvalue weighted by molar-refractivity contribution is 0.660. The van der Waals surface area contributed by atoms with E-state index in [1.165, 1.54) is 77.5 Å². The molecule has 0 unspecified atom stereocenters. The molecule has 0 saturated heterocycles. The van der Waals surface area contributed by atoms with Crippen LogP contribution in [0.4, 0.5) is 17.1 Å². The number of nitrogens with zero attached hydrogens (tertiary/aromatic N) is 1. The predicted octanol–water partition coefficient (Wildman–Crippen LogP) is 15.3. The third kappa shape index (κ3) is 5.90. The third-order valence-electron chi connectivity index (χ3n) is 11.7. The lowest BCUT2D eigenvalue weighted by atomic mass is 9.81. The first-order chi connectivity index (χ1) is 27.5. The summed E-state index contributed by atoms with van der Waals surface area (Å²) in [7, 11) is 0. The molecule has 0 amide bonds. The van der Waals surface area contributed by atoms with E-state index < -0.39 is 0 Å². The highest BCUT2D eigenvalue weighted by atomic mass is 15.1. The van der Waals surface area contributed by atoms with Crippen LogP contribution in [0, 0.1) is 0 Å². The number of hydrogen-bond donors (Lipinski definition) is 0. The maximum absolute atomic E-state index is 2.41. The maximum atomic E-state index is 2.41. The molecule has 0 spiro atoms. The van der Waals surface area contributed by atoms with Crippen LogP contribution in [-0.2, 0) is 5.41 Å². The number of rotatable bonds is 7. The average Bonchev–Trinajstić information content (AvgIpc) is 3.50. The Hall–Kier alpha value is -6.96. The van der Waals surface area contributed by atoms with Crippen LogP contribution in [0.15, 0.2) is 212 Å². The summed E-state index contributed by atoms with van der Waals surface area (Å²) in [6, 6.07) is 77.6. The van der Waals surface area contributed by atoms with Gasteiger partial charge in [0.2, 0.25) is 0 Å². The summed E-state index contributed by atoms with van der Waals surface area (Å²) in [5.74, 6) is 0. The molecule has 0 aromatic heterocycles. The summed E-state index contributed by atoms with van der Waals surface area (Å²) in [5, 5.41) is 2.49. The number of fused-ring (bicyclic) bond motifs is 4. The molecular weight excluding hydrogens is 675 g/mol. The number of anilines is 3. The SMILES string of the molecule is CC1(C)c2ccccc2-c2ccc(-c3ccc(N(c4cccc(-c5ccc6ccccc6c5)c4)c4ccccc4-c4ccc(-c5ccccc5)cc4)cc3)cc21. The predicted molar refractivity (Wildman–Crippen MR) is 238 cm³/mol. The maximum Gasteiger partial charge on any atom is 0.0540 e. The zero-order valence-electron chi connectivity index (χ0n) is 31.7. The molecular formula is C55H41N. The molecule has 266 valence electrons. The van der Waals surface area contributed by atoms with Gasteiger partial charge in [0.15, 0.2) is 0 Å². The summed E-state index contributed by atoms with van der Waals surface area (Å²) >= 11 is 0. The van der Waals surface area contributed by atoms with Gasteiger partial charge in [-0.1, -0.05) is 184 Å². The van der Waals surface area contributed by atoms with E-state index in [0.717, 1.165) is 17.1 Å². The molecule has 0 fully saturated rings. The van der Waals surface area contributed by atoms with Gasteiger partial charge in [-0.2, -0.15) is 0 Å². The van der Waals surface area contributed by atoms with Crippen molar-refractivity contribution in [2.45, 2.75) is 19.3 Å². The quantitative estimate of drug-likeness (QED) is 0.159. The van der Waals surface area contributed by atoms with E-state index in [-0.39, 0.29) is 5.41 Å². The molecule has 0 saturated carbocycles. The van der Waals surface area contributed by atoms with Crippen LogP contribution in [0.3, 0.4) is 0 Å². The molecule has 0 N–H and O–H groups in total. The van der Waals surface area contributed by atoms with Crippen molar-refractivity contribution >= 4 is 27.8 Å². The first-order valence-electron chi connectivity index (χ1n) is 19.5. The smallest absolute Gasteiger partial charge is 0.0540 e. The molecule has 0 atom stereocenters. The largest absolute Gasteiger partial charge is 0.310 e. The van der Waals surface area contributed by atoms with Crippen LogP contribution in [0.2, 0.25) is 0 Å². The first-order valence-corrected chi connectivity index (χ1v) is 19.5. The second-order valence-electron chi connectivity index (χ2n) is 15.4. The van der Waals surface area contributed by atoms with Gasteiger partial charge in [0, 0.05) is 22.4 Å². The molecule has 9 aromatic rings. The van der Waals surface area contributed by atoms with Crippen molar-refractivity contribution in [3.05, 3.63) is 223 Å². The van der Waals surface area contributed by atoms with E-state index >= 15 is 0 Å². The second-order valence-corrected chi connectivity index (χ2v) is 15.4. The molecule has 1 nitrogen and oxygen atoms in total. The molecule has 0 aliphatic heterocycles. The van der Waals surface area contributed by atoms with Gasteiger partial charge in [-0.05, 0) is 114 Å². The van der Waals surface area contributed by atoms with E-state index in [4.69, 9.17) is 0 Å². The topological polar surface area (TPSA) is 3.24 Å². The van der Waals surface area contributed by atoms with Crippen LogP contribution < -0.4 is 4.90 Å². The highest BCUT2D eigenvalue weighted by molar-refractivity contribution is 5.92. The minimum absolute atomic E-state index is 0.0439. The minimum Gasteiger partial charge on any atom is -0.310 e. The minimum atomic E-state index is -0.0439. The van der Waals surface area contributed by atoms with Crippen LogP contribution in [0.5, 0.6) is 0 Å². The van der Waals surface area contributed by atoms with Gasteiger partial charge in [0.25, 0.3) is 0 Å². The molecule has 10 rings (SSSR count). The average molecular weight is 716 g/mol. The third-order valence-corrected chi connectivity index (χ3v) is 11.7.